The van der Waals surface area contributed by atoms with Gasteiger partial charge in [0.2, 0.25) is 11.5 Å². The van der Waals surface area contributed by atoms with Crippen LogP contribution in [0, 0.1) is 47.8 Å². The Hall–Kier alpha value is -11.2. The maximum absolute atomic E-state index is 9.72. The van der Waals surface area contributed by atoms with Crippen LogP contribution in [-0.4, -0.2) is 140 Å². The van der Waals surface area contributed by atoms with Crippen LogP contribution in [0.15, 0.2) is 143 Å². The van der Waals surface area contributed by atoms with Crippen molar-refractivity contribution in [2.45, 2.75) is 69.2 Å². The summed E-state index contributed by atoms with van der Waals surface area (Å²) in [5, 5.41) is 78.2. The van der Waals surface area contributed by atoms with Gasteiger partial charge in [0.1, 0.15) is 46.1 Å². The van der Waals surface area contributed by atoms with Crippen LogP contribution < -0.4 is 0 Å². The van der Waals surface area contributed by atoms with Crippen LogP contribution in [-0.2, 0) is 0 Å². The highest BCUT2D eigenvalue weighted by Crippen LogP contribution is 2.43. The summed E-state index contributed by atoms with van der Waals surface area (Å²) < 4.78 is 8.33. The number of aryl methyl sites for hydroxylation is 5. The van der Waals surface area contributed by atoms with Gasteiger partial charge >= 0.3 is 0 Å². The summed E-state index contributed by atoms with van der Waals surface area (Å²) in [7, 11) is 0. The molecule has 0 saturated heterocycles. The van der Waals surface area contributed by atoms with E-state index in [0.29, 0.717) is 98.5 Å². The molecule has 110 heavy (non-hydrogen) atoms. The zero-order valence-electron chi connectivity index (χ0n) is 58.4. The van der Waals surface area contributed by atoms with Gasteiger partial charge in [-0.15, -0.1) is 25.5 Å². The number of hydrogen-bond donors (Lipinski definition) is 5. The Morgan fingerprint density at radius 3 is 1.22 bits per heavy atom. The molecular formula is C71H50Cl10N24O5. The zero-order chi connectivity index (χ0) is 79.3. The van der Waals surface area contributed by atoms with Crippen LogP contribution >= 0.6 is 116 Å². The highest BCUT2D eigenvalue weighted by atomic mass is 35.5. The van der Waals surface area contributed by atoms with Crippen molar-refractivity contribution in [2.75, 3.05) is 0 Å². The molecule has 0 atom stereocenters. The molecule has 0 saturated carbocycles. The van der Waals surface area contributed by atoms with E-state index in [1.165, 1.54) is 41.1 Å². The van der Waals surface area contributed by atoms with Crippen LogP contribution in [0.4, 0.5) is 40.3 Å². The average Bonchev–Trinajstić information content (AvgIpc) is 1.63. The van der Waals surface area contributed by atoms with Gasteiger partial charge in [-0.2, -0.15) is 24.4 Å². The quantitative estimate of drug-likeness (QED) is 0.0966. The number of aliphatic imine (C=N–C) groups is 7. The second-order valence-electron chi connectivity index (χ2n) is 23.8. The van der Waals surface area contributed by atoms with E-state index in [0.717, 1.165) is 51.1 Å². The molecule has 0 unspecified atom stereocenters. The molecule has 5 aliphatic heterocycles. The van der Waals surface area contributed by atoms with Gasteiger partial charge in [-0.25, -0.2) is 49.0 Å². The zero-order valence-corrected chi connectivity index (χ0v) is 66.0. The summed E-state index contributed by atoms with van der Waals surface area (Å²) >= 11 is 59.2. The topological polar surface area (TPSA) is 350 Å². The van der Waals surface area contributed by atoms with Crippen molar-refractivity contribution in [3.63, 3.8) is 0 Å². The number of rotatable bonds is 6. The molecule has 0 bridgehead atoms. The highest BCUT2D eigenvalue weighted by Gasteiger charge is 2.36. The molecule has 0 spiro atoms. The predicted molar refractivity (Wildman–Crippen MR) is 429 cm³/mol. The molecular weight excluding hydrogens is 1620 g/mol. The summed E-state index contributed by atoms with van der Waals surface area (Å²) in [5.41, 5.74) is 10.4. The Morgan fingerprint density at radius 1 is 0.373 bits per heavy atom. The third kappa shape index (κ3) is 15.6. The number of allylic oxidation sites excluding steroid dienone is 5. The number of nitrogens with zero attached hydrogens (tertiary/aromatic N) is 24. The largest absolute Gasteiger partial charge is 0.505 e. The summed E-state index contributed by atoms with van der Waals surface area (Å²) in [5.74, 6) is 6.22. The number of benzene rings is 6. The Morgan fingerprint density at radius 2 is 0.755 bits per heavy atom. The third-order valence-corrected chi connectivity index (χ3v) is 19.3. The van der Waals surface area contributed by atoms with Crippen molar-refractivity contribution in [2.24, 2.45) is 34.9 Å². The summed E-state index contributed by atoms with van der Waals surface area (Å²) in [6.07, 6.45) is 0. The van der Waals surface area contributed by atoms with Crippen molar-refractivity contribution in [1.82, 2.24) is 73.8 Å². The van der Waals surface area contributed by atoms with Gasteiger partial charge < -0.3 is 30.4 Å². The number of fused-ring (bicyclic) bond motifs is 5. The monoisotopic (exact) mass is 1670 g/mol. The van der Waals surface area contributed by atoms with Crippen LogP contribution in [0.5, 0.6) is 28.7 Å². The van der Waals surface area contributed by atoms with Crippen molar-refractivity contribution in [1.29, 1.82) is 0 Å². The lowest BCUT2D eigenvalue weighted by molar-refractivity contribution is 0.475. The van der Waals surface area contributed by atoms with E-state index in [-0.39, 0.29) is 96.2 Å². The molecule has 0 aliphatic carbocycles. The van der Waals surface area contributed by atoms with Crippen molar-refractivity contribution in [3.05, 3.63) is 233 Å². The first-order valence-corrected chi connectivity index (χ1v) is 35.6. The van der Waals surface area contributed by atoms with Gasteiger partial charge in [-0.1, -0.05) is 158 Å². The van der Waals surface area contributed by atoms with E-state index in [9.17, 15) is 25.5 Å². The van der Waals surface area contributed by atoms with Crippen LogP contribution in [0.25, 0.3) is 26.9 Å². The van der Waals surface area contributed by atoms with E-state index in [1.54, 1.807) is 52.0 Å². The molecule has 0 radical (unpaired) electrons. The third-order valence-electron chi connectivity index (χ3n) is 16.4. The molecule has 10 heterocycles. The summed E-state index contributed by atoms with van der Waals surface area (Å²) in [4.78, 5) is 50.9. The van der Waals surface area contributed by atoms with Crippen LogP contribution in [0.2, 0.25) is 50.2 Å². The van der Waals surface area contributed by atoms with Crippen LogP contribution in [0.1, 0.15) is 86.8 Å². The fourth-order valence-corrected chi connectivity index (χ4v) is 13.3. The average molecular weight is 1670 g/mol. The number of aromatic nitrogens is 15. The Bertz CT molecular complexity index is 5980. The Kier molecular flexibility index (Phi) is 22.7. The lowest BCUT2D eigenvalue weighted by Crippen LogP contribution is -2.20. The van der Waals surface area contributed by atoms with Gasteiger partial charge in [0.05, 0.1) is 90.9 Å². The lowest BCUT2D eigenvalue weighted by Gasteiger charge is -2.06. The molecule has 554 valence electrons. The van der Waals surface area contributed by atoms with Gasteiger partial charge in [0.15, 0.2) is 57.9 Å². The molecule has 39 heteroatoms. The number of phenols is 5. The number of hydrogen-bond acceptors (Lipinski definition) is 22. The molecule has 16 rings (SSSR count). The van der Waals surface area contributed by atoms with Crippen LogP contribution in [0.3, 0.4) is 0 Å². The van der Waals surface area contributed by atoms with Gasteiger partial charge in [-0.05, 0) is 141 Å². The van der Waals surface area contributed by atoms with E-state index in [4.69, 9.17) is 129 Å². The highest BCUT2D eigenvalue weighted by molar-refractivity contribution is 6.51. The minimum Gasteiger partial charge on any atom is -0.505 e. The van der Waals surface area contributed by atoms with E-state index in [2.05, 4.69) is 95.3 Å². The first-order chi connectivity index (χ1) is 52.2. The van der Waals surface area contributed by atoms with Gasteiger partial charge in [-0.3, -0.25) is 9.56 Å². The standard InChI is InChI=1S/C17H11Cl2N5O.C14H6Cl2N6O.2C14H12Cl2N4O.C12H9Cl2N5O/c1-9-20-17-22-14(10-5-3-2-4-6-10)16(24(17)23-9)21-11-7-12(18)15(25)13(19)8-11;1-6-19-14-11(10(17-2)13(18-3)22(14)21-6)20-7-4-8(15)12(23)9(16)5-7;1-6-7(2)20-8(3)18-19-14(20)12(6)17-9-4-10(15)13(21)11(16)5-9;1-6-7(2)20-14(17-8(3)19-20)12(6)18-9-4-10(15)13(21)11(16)5-9;1-5-11(19-6(2)17-18-12(19)15-5)16-7-3-8(13)10(20)9(14)4-7/h2-8,25H,1H3;4-5,23H,1H3;2*4-5,21H,1-3H3;3-4,20H,1-2H3. The van der Waals surface area contributed by atoms with E-state index in [1.807, 2.05) is 90.3 Å². The predicted octanol–water partition coefficient (Wildman–Crippen LogP) is 19.3. The fourth-order valence-electron chi connectivity index (χ4n) is 11.0. The smallest absolute Gasteiger partial charge is 0.264 e. The Balaban J connectivity index is 0.000000128. The van der Waals surface area contributed by atoms with Gasteiger partial charge in [0, 0.05) is 17.0 Å². The first kappa shape index (κ1) is 78.4. The number of phenolic OH excluding ortho intramolecular Hbond substituents is 5. The molecule has 5 aromatic heterocycles. The number of aromatic hydroxyl groups is 5. The molecule has 0 amide bonds. The first-order valence-electron chi connectivity index (χ1n) is 31.8. The molecule has 29 nitrogen and oxygen atoms in total. The fraction of sp³-hybridized carbons (Fsp3) is 0.141. The second-order valence-corrected chi connectivity index (χ2v) is 27.9. The number of halogens is 10. The van der Waals surface area contributed by atoms with E-state index >= 15 is 0 Å². The molecule has 5 N–H and O–H groups in total. The molecule has 5 aliphatic rings. The SMILES string of the molecule is CC1=C(C)n2c(C)nnc2C1=Nc1cc(Cl)c(O)c(Cl)c1.CC1=C(C)n2nc(C)nc2C1=Nc1cc(Cl)c(O)c(Cl)c1.CC1=Nc2nnc(C)n2C1=Nc1cc(Cl)c(O)c(Cl)c1.Cc1nc2n(n1)C(=Nc1cc(Cl)c(O)c(Cl)c1)C(c1ccccc1)=N2.[C-]#[N+]C1=C([N+]#[C-])n2nc(C)nc2C1=Nc1cc(Cl)c(O)c(Cl)c1. The minimum absolute atomic E-state index is 0.0336. The minimum atomic E-state index is -0.245. The molecule has 6 aromatic carbocycles. The maximum Gasteiger partial charge on any atom is 0.264 e. The molecule has 11 aromatic rings. The van der Waals surface area contributed by atoms with E-state index < -0.39 is 0 Å². The Labute approximate surface area is 674 Å². The van der Waals surface area contributed by atoms with Crippen molar-refractivity contribution in [3.8, 4) is 28.7 Å². The second kappa shape index (κ2) is 31.8. The summed E-state index contributed by atoms with van der Waals surface area (Å²) in [6, 6.07) is 24.8. The van der Waals surface area contributed by atoms with Gasteiger partial charge in [0.25, 0.3) is 17.7 Å². The lowest BCUT2D eigenvalue weighted by atomic mass is 10.1. The van der Waals surface area contributed by atoms with Crippen molar-refractivity contribution < 1.29 is 25.5 Å². The summed E-state index contributed by atoms with van der Waals surface area (Å²) in [6.45, 7) is 33.3. The van der Waals surface area contributed by atoms with Crippen molar-refractivity contribution >= 4 is 214 Å². The molecule has 0 fully saturated rings. The maximum atomic E-state index is 9.72. The normalized spacial score (nSPS) is 15.3.